The number of hydrogen-bond acceptors (Lipinski definition) is 15. The van der Waals surface area contributed by atoms with Gasteiger partial charge in [-0.3, -0.25) is 9.59 Å². The van der Waals surface area contributed by atoms with Gasteiger partial charge in [0.2, 0.25) is 0 Å². The van der Waals surface area contributed by atoms with Gasteiger partial charge < -0.3 is 46.7 Å². The van der Waals surface area contributed by atoms with Crippen molar-refractivity contribution in [3.05, 3.63) is 77.2 Å². The molecule has 0 atom stereocenters. The molecule has 0 aromatic carbocycles. The number of ketones is 2. The summed E-state index contributed by atoms with van der Waals surface area (Å²) in [5, 5.41) is 48.2. The van der Waals surface area contributed by atoms with Crippen LogP contribution in [0.3, 0.4) is 0 Å². The van der Waals surface area contributed by atoms with Crippen molar-refractivity contribution in [2.24, 2.45) is 0 Å². The molecule has 3 aliphatic rings. The molecule has 0 spiro atoms. The number of carbonyl (C=O) groups excluding carboxylic acids is 2. The van der Waals surface area contributed by atoms with Gasteiger partial charge in [0, 0.05) is 44.8 Å². The van der Waals surface area contributed by atoms with Crippen LogP contribution in [0, 0.1) is 0 Å². The van der Waals surface area contributed by atoms with Gasteiger partial charge in [-0.15, -0.1) is 12.4 Å². The number of hydrogen-bond donors (Lipinski definition) is 4. The predicted molar refractivity (Wildman–Crippen MR) is 204 cm³/mol. The summed E-state index contributed by atoms with van der Waals surface area (Å²) in [5.74, 6) is 0.267. The molecule has 0 radical (unpaired) electrons. The maximum Gasteiger partial charge on any atom is 1.00 e. The number of Topliss-reactive ketones (excluding diaryl/α,β-unsaturated/α-hetero) is 2. The van der Waals surface area contributed by atoms with Gasteiger partial charge in [0.05, 0.1) is 48.0 Å². The maximum absolute atomic E-state index is 11.4. The molecule has 9 rings (SSSR count). The summed E-state index contributed by atoms with van der Waals surface area (Å²) in [6.45, 7) is 5.21. The van der Waals surface area contributed by atoms with E-state index in [1.165, 1.54) is 47.9 Å². The van der Waals surface area contributed by atoms with Crippen molar-refractivity contribution >= 4 is 70.1 Å². The first kappa shape index (κ1) is 50.2. The number of nitrogens with zero attached hydrogens (tertiary/aromatic N) is 11. The van der Waals surface area contributed by atoms with Crippen LogP contribution in [0.5, 0.6) is 0 Å². The van der Waals surface area contributed by atoms with Gasteiger partial charge in [0.25, 0.3) is 0 Å². The smallest absolute Gasteiger partial charge is 0.870 e. The molecule has 6 aromatic heterocycles. The van der Waals surface area contributed by atoms with Crippen LogP contribution >= 0.6 is 24.0 Å². The Morgan fingerprint density at radius 3 is 1.33 bits per heavy atom. The Bertz CT molecular complexity index is 2150. The van der Waals surface area contributed by atoms with E-state index < -0.39 is 5.97 Å². The minimum Gasteiger partial charge on any atom is -0.870 e. The average molecular weight is 831 g/mol. The maximum atomic E-state index is 11.4. The molecule has 57 heavy (non-hydrogen) atoms. The van der Waals surface area contributed by atoms with Gasteiger partial charge in [-0.05, 0) is 51.3 Å². The Balaban J connectivity index is 0.000000389. The van der Waals surface area contributed by atoms with E-state index in [4.69, 9.17) is 21.8 Å². The van der Waals surface area contributed by atoms with Gasteiger partial charge in [-0.1, -0.05) is 11.6 Å². The molecule has 6 aromatic rings. The van der Waals surface area contributed by atoms with E-state index in [0.717, 1.165) is 18.7 Å². The van der Waals surface area contributed by atoms with Crippen molar-refractivity contribution in [3.63, 3.8) is 0 Å². The monoisotopic (exact) mass is 829 g/mol. The van der Waals surface area contributed by atoms with Crippen LogP contribution in [0.1, 0.15) is 64.2 Å². The fourth-order valence-corrected chi connectivity index (χ4v) is 5.37. The molecule has 0 amide bonds. The van der Waals surface area contributed by atoms with E-state index >= 15 is 0 Å². The van der Waals surface area contributed by atoms with E-state index in [-0.39, 0.29) is 83.1 Å². The average Bonchev–Trinajstić information content (AvgIpc) is 3.81. The second kappa shape index (κ2) is 21.7. The molecule has 24 heteroatoms. The first-order valence-corrected chi connectivity index (χ1v) is 16.7. The van der Waals surface area contributed by atoms with Crippen molar-refractivity contribution in [2.45, 2.75) is 51.4 Å². The summed E-state index contributed by atoms with van der Waals surface area (Å²) < 4.78 is 4.52. The van der Waals surface area contributed by atoms with Gasteiger partial charge in [0.15, 0.2) is 28.5 Å². The van der Waals surface area contributed by atoms with Crippen molar-refractivity contribution in [1.29, 1.82) is 0 Å². The van der Waals surface area contributed by atoms with Crippen LogP contribution in [0.15, 0.2) is 55.4 Å². The molecule has 1 saturated carbocycles. The standard InChI is InChI=1S/C11H12N4O2.C10H10N4O3.C8H6ClN3O.C4H8O.ClH.Li.3H2O/c1-7(16)9-4-12-15-3-2-10(13-11(9)15)14-5-8(17)6-14;15-6-4-13(5-6)8-1-2-14-9(12-8)7(3-11-14)10(16)17;1-5(13)6-4-10-12-3-2-7(9)11-8(6)12;5-4-2-1-3-4;;;;;/h2-4,8,17H,5-6H2,1H3;1-3,6,15H,4-5H2,(H,16,17);2-4H,1H3;4-5H,1-3H2;1H;;3*1H2/q;;;;;+1;;;/p-1. The zero-order chi connectivity index (χ0) is 37.1. The molecule has 21 nitrogen and oxygen atoms in total. The number of aliphatic hydroxyl groups excluding tert-OH is 3. The number of aliphatic hydroxyl groups is 3. The van der Waals surface area contributed by atoms with Crippen LogP contribution < -0.4 is 28.7 Å². The van der Waals surface area contributed by atoms with Crippen molar-refractivity contribution in [2.75, 3.05) is 36.0 Å². The van der Waals surface area contributed by atoms with E-state index in [0.29, 0.717) is 65.2 Å². The zero-order valence-corrected chi connectivity index (χ0v) is 32.6. The minimum atomic E-state index is -1.05. The number of fused-ring (bicyclic) bond motifs is 3. The van der Waals surface area contributed by atoms with E-state index in [1.807, 2.05) is 15.9 Å². The van der Waals surface area contributed by atoms with Crippen LogP contribution in [0.2, 0.25) is 5.15 Å². The third-order valence-corrected chi connectivity index (χ3v) is 8.69. The largest absolute Gasteiger partial charge is 1.00 e. The van der Waals surface area contributed by atoms with Crippen molar-refractivity contribution < 1.29 is 70.1 Å². The fourth-order valence-electron chi connectivity index (χ4n) is 5.24. The van der Waals surface area contributed by atoms with E-state index in [2.05, 4.69) is 30.2 Å². The Kier molecular flexibility index (Phi) is 19.1. The normalized spacial score (nSPS) is 14.4. The van der Waals surface area contributed by atoms with Crippen molar-refractivity contribution in [1.82, 2.24) is 43.8 Å². The first-order chi connectivity index (χ1) is 24.9. The molecule has 2 saturated heterocycles. The molecular weight excluding hydrogens is 788 g/mol. The number of halogens is 2. The summed E-state index contributed by atoms with van der Waals surface area (Å²) in [7, 11) is 0. The van der Waals surface area contributed by atoms with Crippen LogP contribution in [0.4, 0.5) is 11.6 Å². The predicted octanol–water partition coefficient (Wildman–Crippen LogP) is -2.56. The number of rotatable bonds is 5. The number of carboxylic acids is 1. The van der Waals surface area contributed by atoms with Gasteiger partial charge in [-0.25, -0.2) is 33.3 Å². The number of carboxylic acid groups (broad SMARTS) is 1. The van der Waals surface area contributed by atoms with Gasteiger partial charge in [-0.2, -0.15) is 15.3 Å². The van der Waals surface area contributed by atoms with Crippen molar-refractivity contribution in [3.8, 4) is 0 Å². The Hall–Kier alpha value is -4.79. The molecule has 3 fully saturated rings. The summed E-state index contributed by atoms with van der Waals surface area (Å²) in [4.78, 5) is 49.9. The van der Waals surface area contributed by atoms with Crippen LogP contribution in [-0.4, -0.2) is 143 Å². The third-order valence-electron chi connectivity index (χ3n) is 8.48. The third kappa shape index (κ3) is 11.6. The minimum absolute atomic E-state index is 0. The Labute approximate surface area is 347 Å². The number of aromatic carboxylic acids is 1. The summed E-state index contributed by atoms with van der Waals surface area (Å²) in [5.41, 5.74) is 2.47. The fraction of sp³-hybridized carbons (Fsp3) is 0.364. The molecule has 2 aliphatic heterocycles. The topological polar surface area (TPSA) is 322 Å². The quantitative estimate of drug-likeness (QED) is 0.0789. The second-order valence-corrected chi connectivity index (χ2v) is 12.8. The Morgan fingerprint density at radius 1 is 0.649 bits per heavy atom. The molecule has 9 N–H and O–H groups in total. The Morgan fingerprint density at radius 2 is 1.00 bits per heavy atom. The van der Waals surface area contributed by atoms with Crippen LogP contribution in [0.25, 0.3) is 16.9 Å². The summed E-state index contributed by atoms with van der Waals surface area (Å²) in [6.07, 6.45) is 12.2. The second-order valence-electron chi connectivity index (χ2n) is 12.4. The number of β-amino-alcohol motifs (C(OH)–C–C–N with tert-alkyl or cyclic N) is 2. The molecule has 1 aliphatic carbocycles. The SMILES string of the molecule is CC(=O)c1cnn2ccc(Cl)nc12.CC(=O)c1cnn2ccc(N3CC(O)C3)nc12.Cl.O.O.O=C(O)c1cnn2ccc(N3CC(O)C3)nc12.OC1CCC1.[Li+].[OH-]. The van der Waals surface area contributed by atoms with Crippen LogP contribution in [-0.2, 0) is 0 Å². The number of aromatic nitrogens is 9. The first-order valence-electron chi connectivity index (χ1n) is 16.4. The van der Waals surface area contributed by atoms with E-state index in [1.54, 1.807) is 35.2 Å². The van der Waals surface area contributed by atoms with E-state index in [9.17, 15) is 24.6 Å². The molecule has 0 unspecified atom stereocenters. The molecule has 8 heterocycles. The molecule has 304 valence electrons. The molecular formula is C33H42Cl2LiN11O10. The van der Waals surface area contributed by atoms with Gasteiger partial charge >= 0.3 is 24.8 Å². The zero-order valence-electron chi connectivity index (χ0n) is 31.0. The number of anilines is 2. The number of carbonyl (C=O) groups is 3. The summed E-state index contributed by atoms with van der Waals surface area (Å²) >= 11 is 5.69. The van der Waals surface area contributed by atoms with Gasteiger partial charge in [0.1, 0.15) is 22.4 Å². The molecule has 0 bridgehead atoms. The summed E-state index contributed by atoms with van der Waals surface area (Å²) in [6, 6.07) is 5.19.